The molecule has 0 spiro atoms. The minimum Gasteiger partial charge on any atom is -0.315 e. The molecule has 0 aliphatic rings. The third-order valence-corrected chi connectivity index (χ3v) is 5.69. The summed E-state index contributed by atoms with van der Waals surface area (Å²) in [4.78, 5) is 0.996. The van der Waals surface area contributed by atoms with Crippen molar-refractivity contribution in [1.29, 1.82) is 0 Å². The SMILES string of the molecule is CNCc1ccc(S(=O)(=O)NCCn2cc(C)cn2)s1. The minimum absolute atomic E-state index is 0.322. The number of aryl methyl sites for hydroxylation is 1. The molecule has 0 amide bonds. The molecule has 20 heavy (non-hydrogen) atoms. The summed E-state index contributed by atoms with van der Waals surface area (Å²) >= 11 is 1.28. The summed E-state index contributed by atoms with van der Waals surface area (Å²) in [6, 6.07) is 3.46. The number of hydrogen-bond donors (Lipinski definition) is 2. The maximum absolute atomic E-state index is 12.1. The molecule has 0 fully saturated rings. The summed E-state index contributed by atoms with van der Waals surface area (Å²) in [6.45, 7) is 3.46. The van der Waals surface area contributed by atoms with Gasteiger partial charge in [0.25, 0.3) is 0 Å². The summed E-state index contributed by atoms with van der Waals surface area (Å²) < 4.78 is 28.8. The molecule has 0 saturated heterocycles. The summed E-state index contributed by atoms with van der Waals surface area (Å²) in [5.41, 5.74) is 1.06. The minimum atomic E-state index is -3.42. The number of sulfonamides is 1. The highest BCUT2D eigenvalue weighted by molar-refractivity contribution is 7.91. The van der Waals surface area contributed by atoms with Gasteiger partial charge in [-0.15, -0.1) is 11.3 Å². The van der Waals surface area contributed by atoms with Crippen molar-refractivity contribution in [1.82, 2.24) is 19.8 Å². The summed E-state index contributed by atoms with van der Waals surface area (Å²) in [7, 11) is -1.59. The Morgan fingerprint density at radius 2 is 2.20 bits per heavy atom. The van der Waals surface area contributed by atoms with Crippen molar-refractivity contribution in [2.75, 3.05) is 13.6 Å². The van der Waals surface area contributed by atoms with E-state index in [1.54, 1.807) is 16.9 Å². The number of nitrogens with zero attached hydrogens (tertiary/aromatic N) is 2. The molecule has 0 bridgehead atoms. The van der Waals surface area contributed by atoms with Crippen LogP contribution in [0, 0.1) is 6.92 Å². The molecule has 8 heteroatoms. The lowest BCUT2D eigenvalue weighted by Gasteiger charge is -2.04. The fraction of sp³-hybridized carbons (Fsp3) is 0.417. The second-order valence-electron chi connectivity index (χ2n) is 4.43. The highest BCUT2D eigenvalue weighted by Gasteiger charge is 2.16. The Balaban J connectivity index is 1.92. The molecule has 2 N–H and O–H groups in total. The fourth-order valence-electron chi connectivity index (χ4n) is 1.73. The highest BCUT2D eigenvalue weighted by atomic mass is 32.2. The first-order valence-electron chi connectivity index (χ1n) is 6.23. The van der Waals surface area contributed by atoms with Crippen molar-refractivity contribution in [3.05, 3.63) is 35.0 Å². The van der Waals surface area contributed by atoms with E-state index in [9.17, 15) is 8.42 Å². The van der Waals surface area contributed by atoms with Crippen LogP contribution in [0.4, 0.5) is 0 Å². The Labute approximate surface area is 122 Å². The molecule has 0 atom stereocenters. The van der Waals surface area contributed by atoms with Crippen LogP contribution in [0.2, 0.25) is 0 Å². The molecule has 110 valence electrons. The zero-order valence-corrected chi connectivity index (χ0v) is 13.1. The number of rotatable bonds is 7. The van der Waals surface area contributed by atoms with Gasteiger partial charge >= 0.3 is 0 Å². The Kier molecular flexibility index (Phi) is 4.92. The van der Waals surface area contributed by atoms with Crippen molar-refractivity contribution in [2.45, 2.75) is 24.2 Å². The first kappa shape index (κ1) is 15.2. The average molecular weight is 314 g/mol. The van der Waals surface area contributed by atoms with Crippen molar-refractivity contribution < 1.29 is 8.42 Å². The topological polar surface area (TPSA) is 76.0 Å². The summed E-state index contributed by atoms with van der Waals surface area (Å²) in [5.74, 6) is 0. The number of hydrogen-bond acceptors (Lipinski definition) is 5. The molecule has 2 aromatic rings. The third kappa shape index (κ3) is 3.89. The highest BCUT2D eigenvalue weighted by Crippen LogP contribution is 2.21. The zero-order valence-electron chi connectivity index (χ0n) is 11.5. The van der Waals surface area contributed by atoms with Gasteiger partial charge < -0.3 is 5.32 Å². The molecular weight excluding hydrogens is 296 g/mol. The van der Waals surface area contributed by atoms with Crippen LogP contribution in [0.3, 0.4) is 0 Å². The molecule has 0 radical (unpaired) electrons. The fourth-order valence-corrected chi connectivity index (χ4v) is 4.16. The Bertz CT molecular complexity index is 661. The molecular formula is C12H18N4O2S2. The smallest absolute Gasteiger partial charge is 0.250 e. The molecule has 6 nitrogen and oxygen atoms in total. The van der Waals surface area contributed by atoms with Crippen LogP contribution in [0.25, 0.3) is 0 Å². The summed E-state index contributed by atoms with van der Waals surface area (Å²) in [5, 5.41) is 7.11. The second-order valence-corrected chi connectivity index (χ2v) is 7.59. The summed E-state index contributed by atoms with van der Waals surface area (Å²) in [6.07, 6.45) is 3.63. The molecule has 2 heterocycles. The van der Waals surface area contributed by atoms with E-state index < -0.39 is 10.0 Å². The first-order valence-corrected chi connectivity index (χ1v) is 8.53. The van der Waals surface area contributed by atoms with E-state index in [-0.39, 0.29) is 0 Å². The van der Waals surface area contributed by atoms with Gasteiger partial charge in [-0.2, -0.15) is 5.10 Å². The molecule has 0 aromatic carbocycles. The van der Waals surface area contributed by atoms with E-state index in [4.69, 9.17) is 0 Å². The van der Waals surface area contributed by atoms with Crippen molar-refractivity contribution in [2.24, 2.45) is 0 Å². The van der Waals surface area contributed by atoms with E-state index in [0.717, 1.165) is 10.4 Å². The van der Waals surface area contributed by atoms with Crippen LogP contribution < -0.4 is 10.0 Å². The Hall–Kier alpha value is -1.22. The van der Waals surface area contributed by atoms with Gasteiger partial charge in [0.1, 0.15) is 4.21 Å². The van der Waals surface area contributed by atoms with Gasteiger partial charge in [0.2, 0.25) is 10.0 Å². The van der Waals surface area contributed by atoms with E-state index in [0.29, 0.717) is 23.8 Å². The third-order valence-electron chi connectivity index (χ3n) is 2.65. The monoisotopic (exact) mass is 314 g/mol. The zero-order chi connectivity index (χ0) is 14.6. The van der Waals surface area contributed by atoms with E-state index >= 15 is 0 Å². The number of thiophene rings is 1. The van der Waals surface area contributed by atoms with Gasteiger partial charge in [0.15, 0.2) is 0 Å². The molecule has 0 unspecified atom stereocenters. The quantitative estimate of drug-likeness (QED) is 0.798. The van der Waals surface area contributed by atoms with Gasteiger partial charge in [-0.25, -0.2) is 13.1 Å². The predicted molar refractivity (Wildman–Crippen MR) is 79.2 cm³/mol. The van der Waals surface area contributed by atoms with Crippen LogP contribution >= 0.6 is 11.3 Å². The van der Waals surface area contributed by atoms with E-state index in [1.165, 1.54) is 11.3 Å². The standard InChI is InChI=1S/C12H18N4O2S2/c1-10-7-14-16(9-10)6-5-15-20(17,18)12-4-3-11(19-12)8-13-2/h3-4,7,9,13,15H,5-6,8H2,1-2H3. The van der Waals surface area contributed by atoms with E-state index in [2.05, 4.69) is 15.1 Å². The molecule has 0 aliphatic carbocycles. The predicted octanol–water partition coefficient (Wildman–Crippen LogP) is 0.951. The lowest BCUT2D eigenvalue weighted by Crippen LogP contribution is -2.27. The maximum atomic E-state index is 12.1. The van der Waals surface area contributed by atoms with Gasteiger partial charge in [-0.1, -0.05) is 0 Å². The van der Waals surface area contributed by atoms with Gasteiger partial charge in [0, 0.05) is 24.2 Å². The molecule has 2 aromatic heterocycles. The van der Waals surface area contributed by atoms with Gasteiger partial charge in [-0.05, 0) is 31.7 Å². The largest absolute Gasteiger partial charge is 0.315 e. The van der Waals surface area contributed by atoms with Crippen LogP contribution in [-0.2, 0) is 23.1 Å². The lowest BCUT2D eigenvalue weighted by atomic mass is 10.4. The lowest BCUT2D eigenvalue weighted by molar-refractivity contribution is 0.562. The van der Waals surface area contributed by atoms with Crippen molar-refractivity contribution in [3.8, 4) is 0 Å². The van der Waals surface area contributed by atoms with Crippen LogP contribution in [-0.4, -0.2) is 31.8 Å². The Morgan fingerprint density at radius 1 is 1.40 bits per heavy atom. The van der Waals surface area contributed by atoms with E-state index in [1.807, 2.05) is 26.2 Å². The Morgan fingerprint density at radius 3 is 2.85 bits per heavy atom. The van der Waals surface area contributed by atoms with Gasteiger partial charge in [-0.3, -0.25) is 4.68 Å². The first-order chi connectivity index (χ1) is 9.51. The maximum Gasteiger partial charge on any atom is 0.250 e. The normalized spacial score (nSPS) is 11.9. The van der Waals surface area contributed by atoms with Gasteiger partial charge in [0.05, 0.1) is 12.7 Å². The van der Waals surface area contributed by atoms with Crippen molar-refractivity contribution in [3.63, 3.8) is 0 Å². The van der Waals surface area contributed by atoms with Crippen LogP contribution in [0.5, 0.6) is 0 Å². The average Bonchev–Trinajstić information content (AvgIpc) is 2.99. The van der Waals surface area contributed by atoms with Crippen LogP contribution in [0.1, 0.15) is 10.4 Å². The second kappa shape index (κ2) is 6.49. The molecule has 2 rings (SSSR count). The number of nitrogens with one attached hydrogen (secondary N) is 2. The molecule has 0 saturated carbocycles. The molecule has 0 aliphatic heterocycles. The van der Waals surface area contributed by atoms with Crippen LogP contribution in [0.15, 0.2) is 28.7 Å². The number of aromatic nitrogens is 2. The van der Waals surface area contributed by atoms with Crippen molar-refractivity contribution >= 4 is 21.4 Å².